The molecule has 0 saturated carbocycles. The summed E-state index contributed by atoms with van der Waals surface area (Å²) < 4.78 is 6.02. The number of nitrogens with two attached hydrogens (primary N) is 1. The van der Waals surface area contributed by atoms with E-state index in [2.05, 4.69) is 10.3 Å². The van der Waals surface area contributed by atoms with Gasteiger partial charge in [0.25, 0.3) is 5.56 Å². The molecule has 0 atom stereocenters. The van der Waals surface area contributed by atoms with E-state index in [9.17, 15) is 14.4 Å². The Hall–Kier alpha value is -3.16. The molecule has 0 aliphatic rings. The number of rotatable bonds is 6. The Morgan fingerprint density at radius 2 is 2.00 bits per heavy atom. The van der Waals surface area contributed by atoms with Crippen molar-refractivity contribution >= 4 is 17.6 Å². The number of amides is 1. The highest BCUT2D eigenvalue weighted by Crippen LogP contribution is 1.99. The van der Waals surface area contributed by atoms with Gasteiger partial charge in [-0.25, -0.2) is 0 Å². The Balaban J connectivity index is 0.000000433. The molecule has 2 aromatic heterocycles. The number of carbonyl (C=O) groups excluding carboxylic acids is 2. The first-order valence-electron chi connectivity index (χ1n) is 8.60. The first kappa shape index (κ1) is 21.9. The van der Waals surface area contributed by atoms with Crippen LogP contribution in [0.25, 0.3) is 0 Å². The lowest BCUT2D eigenvalue weighted by atomic mass is 10.3. The van der Waals surface area contributed by atoms with Crippen molar-refractivity contribution in [2.45, 2.75) is 33.7 Å². The summed E-state index contributed by atoms with van der Waals surface area (Å²) >= 11 is 0. The van der Waals surface area contributed by atoms with Crippen LogP contribution in [0.4, 0.5) is 5.69 Å². The maximum atomic E-state index is 11.8. The molecule has 0 aromatic carbocycles. The van der Waals surface area contributed by atoms with E-state index in [1.807, 2.05) is 25.3 Å². The molecule has 0 bridgehead atoms. The summed E-state index contributed by atoms with van der Waals surface area (Å²) in [6.07, 6.45) is 3.71. The molecule has 1 amide bonds. The first-order chi connectivity index (χ1) is 12.8. The van der Waals surface area contributed by atoms with Gasteiger partial charge in [0.05, 0.1) is 18.7 Å². The van der Waals surface area contributed by atoms with Gasteiger partial charge in [-0.2, -0.15) is 0 Å². The minimum absolute atomic E-state index is 0.0925. The third-order valence-corrected chi connectivity index (χ3v) is 3.49. The quantitative estimate of drug-likeness (QED) is 0.734. The van der Waals surface area contributed by atoms with Crippen LogP contribution >= 0.6 is 0 Å². The fraction of sp³-hybridized carbons (Fsp3) is 0.368. The van der Waals surface area contributed by atoms with Crippen LogP contribution in [0, 0.1) is 13.8 Å². The van der Waals surface area contributed by atoms with Crippen LogP contribution in [0.1, 0.15) is 24.6 Å². The predicted octanol–water partition coefficient (Wildman–Crippen LogP) is 1.20. The number of carbonyl (C=O) groups is 2. The number of aryl methyl sites for hydroxylation is 2. The van der Waals surface area contributed by atoms with E-state index in [0.29, 0.717) is 12.3 Å². The number of hydrogen-bond donors (Lipinski definition) is 2. The molecule has 3 N–H and O–H groups in total. The molecule has 2 heterocycles. The first-order valence-corrected chi connectivity index (χ1v) is 8.60. The number of pyridine rings is 2. The number of nitrogens with one attached hydrogen (secondary N) is 1. The zero-order valence-electron chi connectivity index (χ0n) is 15.9. The smallest absolute Gasteiger partial charge is 0.307 e. The summed E-state index contributed by atoms with van der Waals surface area (Å²) in [5.74, 6) is -0.727. The largest absolute Gasteiger partial charge is 0.466 e. The molecular formula is C19H26N4O4. The van der Waals surface area contributed by atoms with Crippen molar-refractivity contribution in [1.82, 2.24) is 14.9 Å². The van der Waals surface area contributed by atoms with E-state index >= 15 is 0 Å². The number of nitrogens with zero attached hydrogens (tertiary/aromatic N) is 2. The molecule has 0 radical (unpaired) electrons. The van der Waals surface area contributed by atoms with Gasteiger partial charge in [-0.1, -0.05) is 6.07 Å². The summed E-state index contributed by atoms with van der Waals surface area (Å²) in [6.45, 7) is 5.81. The lowest BCUT2D eigenvalue weighted by molar-refractivity contribution is -0.143. The summed E-state index contributed by atoms with van der Waals surface area (Å²) in [5, 5.41) is 2.55. The molecule has 0 aliphatic heterocycles. The second-order valence-electron chi connectivity index (χ2n) is 5.76. The molecule has 0 fully saturated rings. The van der Waals surface area contributed by atoms with Crippen LogP contribution < -0.4 is 16.6 Å². The van der Waals surface area contributed by atoms with Crippen LogP contribution in [-0.2, 0) is 20.9 Å². The number of nitrogen functional groups attached to an aromatic ring is 1. The number of hydrogen-bond acceptors (Lipinski definition) is 6. The summed E-state index contributed by atoms with van der Waals surface area (Å²) in [4.78, 5) is 38.5. The zero-order chi connectivity index (χ0) is 20.2. The van der Waals surface area contributed by atoms with Gasteiger partial charge in [-0.05, 0) is 44.5 Å². The standard InChI is InChI=1S/C13H19N3O4.C6H7N/c1-3-20-12(18)6-7-15-11(17)8-16-9(2)4-5-10(14)13(16)19;1-6-3-2-4-7-5-6/h4-5H,3,6-8,14H2,1-2H3,(H,15,17);2-5H,1H3. The van der Waals surface area contributed by atoms with E-state index < -0.39 is 5.56 Å². The van der Waals surface area contributed by atoms with Crippen molar-refractivity contribution in [3.63, 3.8) is 0 Å². The minimum Gasteiger partial charge on any atom is -0.466 e. The van der Waals surface area contributed by atoms with Crippen molar-refractivity contribution in [2.75, 3.05) is 18.9 Å². The summed E-state index contributed by atoms with van der Waals surface area (Å²) in [5.41, 5.74) is 7.06. The predicted molar refractivity (Wildman–Crippen MR) is 103 cm³/mol. The molecule has 146 valence electrons. The average molecular weight is 374 g/mol. The van der Waals surface area contributed by atoms with Crippen LogP contribution in [0.2, 0.25) is 0 Å². The third-order valence-electron chi connectivity index (χ3n) is 3.49. The summed E-state index contributed by atoms with van der Waals surface area (Å²) in [7, 11) is 0. The highest BCUT2D eigenvalue weighted by atomic mass is 16.5. The van der Waals surface area contributed by atoms with Crippen LogP contribution in [0.15, 0.2) is 41.5 Å². The molecular weight excluding hydrogens is 348 g/mol. The highest BCUT2D eigenvalue weighted by molar-refractivity contribution is 5.77. The number of ether oxygens (including phenoxy) is 1. The Morgan fingerprint density at radius 1 is 1.26 bits per heavy atom. The molecule has 0 saturated heterocycles. The van der Waals surface area contributed by atoms with Crippen molar-refractivity contribution in [2.24, 2.45) is 0 Å². The molecule has 8 nitrogen and oxygen atoms in total. The SMILES string of the molecule is CCOC(=O)CCNC(=O)Cn1c(C)ccc(N)c1=O.Cc1cccnc1. The second kappa shape index (κ2) is 11.5. The molecule has 27 heavy (non-hydrogen) atoms. The van der Waals surface area contributed by atoms with Crippen molar-refractivity contribution in [3.05, 3.63) is 58.3 Å². The van der Waals surface area contributed by atoms with Crippen LogP contribution in [0.3, 0.4) is 0 Å². The van der Waals surface area contributed by atoms with Crippen LogP contribution in [-0.4, -0.2) is 34.6 Å². The van der Waals surface area contributed by atoms with E-state index in [4.69, 9.17) is 10.5 Å². The van der Waals surface area contributed by atoms with Crippen molar-refractivity contribution in [1.29, 1.82) is 0 Å². The monoisotopic (exact) mass is 374 g/mol. The summed E-state index contributed by atoms with van der Waals surface area (Å²) in [6, 6.07) is 7.12. The van der Waals surface area contributed by atoms with Gasteiger partial charge in [0.15, 0.2) is 0 Å². The van der Waals surface area contributed by atoms with Gasteiger partial charge >= 0.3 is 5.97 Å². The Kier molecular flexibility index (Phi) is 9.28. The Bertz CT molecular complexity index is 803. The second-order valence-corrected chi connectivity index (χ2v) is 5.76. The fourth-order valence-corrected chi connectivity index (χ4v) is 2.07. The van der Waals surface area contributed by atoms with E-state index in [-0.39, 0.29) is 37.1 Å². The molecule has 0 unspecified atom stereocenters. The maximum Gasteiger partial charge on any atom is 0.307 e. The lowest BCUT2D eigenvalue weighted by Gasteiger charge is -2.10. The highest BCUT2D eigenvalue weighted by Gasteiger charge is 2.09. The number of anilines is 1. The van der Waals surface area contributed by atoms with E-state index in [1.165, 1.54) is 16.2 Å². The minimum atomic E-state index is -0.398. The van der Waals surface area contributed by atoms with Gasteiger partial charge in [0.2, 0.25) is 5.91 Å². The van der Waals surface area contributed by atoms with Crippen molar-refractivity contribution < 1.29 is 14.3 Å². The van der Waals surface area contributed by atoms with Gasteiger partial charge in [0, 0.05) is 24.6 Å². The number of aromatic nitrogens is 2. The third kappa shape index (κ3) is 8.17. The fourth-order valence-electron chi connectivity index (χ4n) is 2.07. The average Bonchev–Trinajstić information content (AvgIpc) is 2.63. The van der Waals surface area contributed by atoms with Gasteiger partial charge in [0.1, 0.15) is 6.54 Å². The van der Waals surface area contributed by atoms with Gasteiger partial charge in [-0.15, -0.1) is 0 Å². The molecule has 0 aliphatic carbocycles. The zero-order valence-corrected chi connectivity index (χ0v) is 15.9. The molecule has 2 rings (SSSR count). The topological polar surface area (TPSA) is 116 Å². The molecule has 0 spiro atoms. The lowest BCUT2D eigenvalue weighted by Crippen LogP contribution is -2.35. The van der Waals surface area contributed by atoms with Gasteiger partial charge in [-0.3, -0.25) is 19.4 Å². The Morgan fingerprint density at radius 3 is 2.56 bits per heavy atom. The Labute approximate surface area is 158 Å². The van der Waals surface area contributed by atoms with Gasteiger partial charge < -0.3 is 20.4 Å². The van der Waals surface area contributed by atoms with Crippen molar-refractivity contribution in [3.8, 4) is 0 Å². The van der Waals surface area contributed by atoms with Crippen LogP contribution in [0.5, 0.6) is 0 Å². The van der Waals surface area contributed by atoms with E-state index in [1.54, 1.807) is 26.1 Å². The molecule has 8 heteroatoms. The number of esters is 1. The maximum absolute atomic E-state index is 11.8. The van der Waals surface area contributed by atoms with E-state index in [0.717, 1.165) is 0 Å². The molecule has 2 aromatic rings. The normalized spacial score (nSPS) is 9.74.